The number of rotatable bonds is 11. The molecule has 3 aromatic rings. The first-order valence-electron chi connectivity index (χ1n) is 10.6. The van der Waals surface area contributed by atoms with E-state index in [4.69, 9.17) is 9.63 Å². The summed E-state index contributed by atoms with van der Waals surface area (Å²) < 4.78 is 33.0. The Hall–Kier alpha value is -2.60. The van der Waals surface area contributed by atoms with Crippen LogP contribution in [-0.2, 0) is 20.3 Å². The minimum absolute atomic E-state index is 0.200. The second-order valence-corrected chi connectivity index (χ2v) is 9.34. The van der Waals surface area contributed by atoms with Gasteiger partial charge in [-0.1, -0.05) is 32.0 Å². The third kappa shape index (κ3) is 5.80. The molecule has 0 spiro atoms. The quantitative estimate of drug-likeness (QED) is 0.295. The minimum Gasteiger partial charge on any atom is -0.481 e. The topological polar surface area (TPSA) is 88.8 Å². The number of nitrogens with zero attached hydrogens (tertiary/aromatic N) is 1. The summed E-state index contributed by atoms with van der Waals surface area (Å²) in [5, 5.41) is 19.4. The molecule has 1 heterocycles. The summed E-state index contributed by atoms with van der Waals surface area (Å²) in [6.45, 7) is 4.49. The van der Waals surface area contributed by atoms with Gasteiger partial charge in [-0.25, -0.2) is 4.39 Å². The molecule has 1 aromatic heterocycles. The number of aliphatic hydroxyl groups is 1. The lowest BCUT2D eigenvalue weighted by Crippen LogP contribution is -2.15. The van der Waals surface area contributed by atoms with E-state index in [-0.39, 0.29) is 24.5 Å². The van der Waals surface area contributed by atoms with Gasteiger partial charge in [-0.2, -0.15) is 0 Å². The van der Waals surface area contributed by atoms with Gasteiger partial charge in [0, 0.05) is 16.8 Å². The van der Waals surface area contributed by atoms with E-state index in [9.17, 15) is 18.9 Å². The number of para-hydroxylation sites is 1. The van der Waals surface area contributed by atoms with E-state index in [1.165, 1.54) is 17.7 Å². The van der Waals surface area contributed by atoms with Gasteiger partial charge in [0.15, 0.2) is 0 Å². The zero-order valence-electron chi connectivity index (χ0n) is 18.2. The Morgan fingerprint density at radius 2 is 1.84 bits per heavy atom. The summed E-state index contributed by atoms with van der Waals surface area (Å²) in [5.74, 6) is -1.17. The predicted molar refractivity (Wildman–Crippen MR) is 122 cm³/mol. The van der Waals surface area contributed by atoms with E-state index in [0.29, 0.717) is 12.8 Å². The largest absolute Gasteiger partial charge is 0.510 e. The normalized spacial score (nSPS) is 13.0. The first kappa shape index (κ1) is 24.1. The zero-order valence-corrected chi connectivity index (χ0v) is 19.1. The van der Waals surface area contributed by atoms with E-state index in [1.807, 2.05) is 18.2 Å². The fourth-order valence-electron chi connectivity index (χ4n) is 3.99. The van der Waals surface area contributed by atoms with Gasteiger partial charge in [-0.3, -0.25) is 4.79 Å². The molecule has 2 aromatic carbocycles. The first-order chi connectivity index (χ1) is 15.3. The second kappa shape index (κ2) is 10.8. The second-order valence-electron chi connectivity index (χ2n) is 8.05. The van der Waals surface area contributed by atoms with Crippen LogP contribution in [0.1, 0.15) is 43.9 Å². The number of fused-ring (bicyclic) bond motifs is 1. The average molecular weight is 460 g/mol. The number of carboxylic acids is 1. The van der Waals surface area contributed by atoms with Crippen LogP contribution in [0.25, 0.3) is 16.6 Å². The van der Waals surface area contributed by atoms with E-state index in [2.05, 4.69) is 24.5 Å². The van der Waals surface area contributed by atoms with Crippen LogP contribution in [-0.4, -0.2) is 39.6 Å². The number of aromatic nitrogens is 1. The van der Waals surface area contributed by atoms with Crippen LogP contribution in [0.15, 0.2) is 48.5 Å². The summed E-state index contributed by atoms with van der Waals surface area (Å²) in [7, 11) is -2.14. The third-order valence-electron chi connectivity index (χ3n) is 5.24. The number of halogens is 1. The summed E-state index contributed by atoms with van der Waals surface area (Å²) in [4.78, 5) is 10.6. The standard InChI is InChI=1S/C24H27FNO5P/c1-16(2)24-20-6-3-4-7-21(20)26(18-11-9-17(25)10-12-18)22(24)8-5-13-31-32(30)15-19(27)14-23(28)29/h3-4,6-7,9-12,16,19,27H,5,8,13-15H2,1-2H3/p+1. The Morgan fingerprint density at radius 3 is 2.50 bits per heavy atom. The van der Waals surface area contributed by atoms with Crippen LogP contribution in [0.2, 0.25) is 0 Å². The molecule has 0 aliphatic carbocycles. The maximum atomic E-state index is 13.5. The monoisotopic (exact) mass is 460 g/mol. The molecule has 0 aliphatic rings. The van der Waals surface area contributed by atoms with Crippen molar-refractivity contribution < 1.29 is 28.5 Å². The molecule has 170 valence electrons. The van der Waals surface area contributed by atoms with Gasteiger partial charge in [0.25, 0.3) is 0 Å². The van der Waals surface area contributed by atoms with Gasteiger partial charge in [-0.15, -0.1) is 4.52 Å². The Bertz CT molecular complexity index is 1090. The molecule has 0 amide bonds. The zero-order chi connectivity index (χ0) is 23.3. The Labute approximate surface area is 187 Å². The predicted octanol–water partition coefficient (Wildman–Crippen LogP) is 5.42. The van der Waals surface area contributed by atoms with Crippen molar-refractivity contribution in [3.63, 3.8) is 0 Å². The van der Waals surface area contributed by atoms with Gasteiger partial charge in [-0.05, 0) is 59.2 Å². The Morgan fingerprint density at radius 1 is 1.16 bits per heavy atom. The van der Waals surface area contributed by atoms with E-state index < -0.39 is 26.5 Å². The van der Waals surface area contributed by atoms with Crippen molar-refractivity contribution in [2.75, 3.05) is 12.8 Å². The Balaban J connectivity index is 1.80. The van der Waals surface area contributed by atoms with Crippen molar-refractivity contribution in [2.45, 2.75) is 45.1 Å². The molecule has 3 rings (SSSR count). The first-order valence-corrected chi connectivity index (χ1v) is 12.0. The number of hydrogen-bond donors (Lipinski definition) is 2. The molecule has 2 N–H and O–H groups in total. The fraction of sp³-hybridized carbons (Fsp3) is 0.375. The van der Waals surface area contributed by atoms with E-state index in [0.717, 1.165) is 22.3 Å². The van der Waals surface area contributed by atoms with Gasteiger partial charge in [0.2, 0.25) is 6.16 Å². The highest BCUT2D eigenvalue weighted by molar-refractivity contribution is 7.39. The number of aliphatic hydroxyl groups excluding tert-OH is 1. The molecule has 8 heteroatoms. The van der Waals surface area contributed by atoms with Crippen LogP contribution in [0.3, 0.4) is 0 Å². The number of aliphatic carboxylic acids is 1. The van der Waals surface area contributed by atoms with Gasteiger partial charge >= 0.3 is 14.0 Å². The lowest BCUT2D eigenvalue weighted by molar-refractivity contribution is -0.138. The van der Waals surface area contributed by atoms with Gasteiger partial charge in [0.1, 0.15) is 18.5 Å². The van der Waals surface area contributed by atoms with Crippen LogP contribution < -0.4 is 0 Å². The smallest absolute Gasteiger partial charge is 0.481 e. The minimum atomic E-state index is -2.14. The maximum Gasteiger partial charge on any atom is 0.510 e. The Kier molecular flexibility index (Phi) is 8.13. The van der Waals surface area contributed by atoms with Crippen molar-refractivity contribution >= 4 is 24.9 Å². The van der Waals surface area contributed by atoms with Crippen molar-refractivity contribution in [2.24, 2.45) is 0 Å². The molecule has 6 nitrogen and oxygen atoms in total. The SMILES string of the molecule is CC(C)c1c(CCCO[P+](=O)CC(O)CC(=O)O)n(-c2ccc(F)cc2)c2ccccc12. The molecule has 0 bridgehead atoms. The van der Waals surface area contributed by atoms with Crippen molar-refractivity contribution in [3.8, 4) is 5.69 Å². The molecular weight excluding hydrogens is 432 g/mol. The highest BCUT2D eigenvalue weighted by atomic mass is 31.1. The van der Waals surface area contributed by atoms with Gasteiger partial charge < -0.3 is 14.8 Å². The van der Waals surface area contributed by atoms with Crippen LogP contribution in [0.5, 0.6) is 0 Å². The molecule has 0 aliphatic heterocycles. The van der Waals surface area contributed by atoms with Crippen LogP contribution in [0.4, 0.5) is 4.39 Å². The van der Waals surface area contributed by atoms with E-state index in [1.54, 1.807) is 12.1 Å². The molecule has 0 saturated carbocycles. The molecule has 0 radical (unpaired) electrons. The highest BCUT2D eigenvalue weighted by Gasteiger charge is 2.26. The summed E-state index contributed by atoms with van der Waals surface area (Å²) >= 11 is 0. The third-order valence-corrected chi connectivity index (χ3v) is 6.43. The van der Waals surface area contributed by atoms with Crippen molar-refractivity contribution in [1.82, 2.24) is 4.57 Å². The average Bonchev–Trinajstić information content (AvgIpc) is 3.05. The molecule has 0 saturated heterocycles. The highest BCUT2D eigenvalue weighted by Crippen LogP contribution is 2.35. The van der Waals surface area contributed by atoms with Crippen LogP contribution >= 0.6 is 8.03 Å². The van der Waals surface area contributed by atoms with Crippen molar-refractivity contribution in [1.29, 1.82) is 0 Å². The molecule has 2 unspecified atom stereocenters. The lowest BCUT2D eigenvalue weighted by Gasteiger charge is -2.14. The molecule has 0 fully saturated rings. The summed E-state index contributed by atoms with van der Waals surface area (Å²) in [5.41, 5.74) is 4.22. The molecule has 32 heavy (non-hydrogen) atoms. The van der Waals surface area contributed by atoms with E-state index >= 15 is 0 Å². The summed E-state index contributed by atoms with van der Waals surface area (Å²) in [6, 6.07) is 14.5. The lowest BCUT2D eigenvalue weighted by atomic mass is 9.97. The van der Waals surface area contributed by atoms with Crippen LogP contribution in [0, 0.1) is 5.82 Å². The molecule has 2 atom stereocenters. The number of carboxylic acid groups (broad SMARTS) is 1. The van der Waals surface area contributed by atoms with Gasteiger partial charge in [0.05, 0.1) is 11.9 Å². The molecular formula is C24H28FNO5P+. The maximum absolute atomic E-state index is 13.5. The van der Waals surface area contributed by atoms with Crippen molar-refractivity contribution in [3.05, 3.63) is 65.6 Å². The number of hydrogen-bond acceptors (Lipinski definition) is 4. The number of benzene rings is 2. The summed E-state index contributed by atoms with van der Waals surface area (Å²) in [6.07, 6.45) is -0.604. The number of carbonyl (C=O) groups is 1. The fourth-order valence-corrected chi connectivity index (χ4v) is 4.90.